The molecule has 4 aromatic rings. The summed E-state index contributed by atoms with van der Waals surface area (Å²) >= 11 is 1.37. The summed E-state index contributed by atoms with van der Waals surface area (Å²) in [7, 11) is -7.96. The van der Waals surface area contributed by atoms with Crippen molar-refractivity contribution >= 4 is 48.1 Å². The molecule has 0 radical (unpaired) electrons. The molecular weight excluding hydrogens is 557 g/mol. The number of pyridine rings is 1. The molecular formula is C27H28N4O5S3. The second kappa shape index (κ2) is 11.2. The number of anilines is 2. The van der Waals surface area contributed by atoms with Crippen molar-refractivity contribution in [3.8, 4) is 11.3 Å². The summed E-state index contributed by atoms with van der Waals surface area (Å²) in [5.74, 6) is -0.240. The fourth-order valence-electron chi connectivity index (χ4n) is 4.42. The monoisotopic (exact) mass is 584 g/mol. The average Bonchev–Trinajstić information content (AvgIpc) is 3.29. The Labute approximate surface area is 232 Å². The minimum atomic E-state index is -3.98. The lowest BCUT2D eigenvalue weighted by Crippen LogP contribution is -2.35. The molecule has 4 rings (SSSR count). The van der Waals surface area contributed by atoms with Crippen molar-refractivity contribution in [3.05, 3.63) is 94.1 Å². The number of hydrogen-bond acceptors (Lipinski definition) is 8. The summed E-state index contributed by atoms with van der Waals surface area (Å²) in [4.78, 5) is 21.0. The van der Waals surface area contributed by atoms with Gasteiger partial charge in [-0.25, -0.2) is 21.8 Å². The van der Waals surface area contributed by atoms with Crippen LogP contribution in [-0.4, -0.2) is 45.2 Å². The molecule has 0 spiro atoms. The first-order valence-electron chi connectivity index (χ1n) is 11.9. The number of carbonyl (C=O) groups is 1. The third kappa shape index (κ3) is 6.88. The summed E-state index contributed by atoms with van der Waals surface area (Å²) in [6.45, 7) is 4.06. The summed E-state index contributed by atoms with van der Waals surface area (Å²) in [5, 5.41) is 5.28. The van der Waals surface area contributed by atoms with Gasteiger partial charge in [0.1, 0.15) is 0 Å². The van der Waals surface area contributed by atoms with Crippen LogP contribution in [-0.2, 0) is 32.9 Å². The number of amides is 1. The van der Waals surface area contributed by atoms with Gasteiger partial charge in [0.2, 0.25) is 20.0 Å². The van der Waals surface area contributed by atoms with Gasteiger partial charge in [-0.3, -0.25) is 15.1 Å². The zero-order chi connectivity index (χ0) is 28.4. The molecule has 2 heterocycles. The summed E-state index contributed by atoms with van der Waals surface area (Å²) in [6.07, 6.45) is 6.29. The van der Waals surface area contributed by atoms with Crippen molar-refractivity contribution in [2.24, 2.45) is 0 Å². The number of nitrogens with zero attached hydrogens (tertiary/aromatic N) is 3. The van der Waals surface area contributed by atoms with E-state index < -0.39 is 20.0 Å². The highest BCUT2D eigenvalue weighted by atomic mass is 32.3. The van der Waals surface area contributed by atoms with Crippen molar-refractivity contribution < 1.29 is 21.6 Å². The molecule has 39 heavy (non-hydrogen) atoms. The van der Waals surface area contributed by atoms with Gasteiger partial charge < -0.3 is 0 Å². The number of aromatic nitrogens is 2. The Balaban J connectivity index is 1.46. The number of aryl methyl sites for hydroxylation is 4. The highest BCUT2D eigenvalue weighted by Crippen LogP contribution is 2.32. The van der Waals surface area contributed by atoms with Gasteiger partial charge >= 0.3 is 0 Å². The molecule has 12 heteroatoms. The lowest BCUT2D eigenvalue weighted by molar-refractivity contribution is 0.102. The topological polar surface area (TPSA) is 126 Å². The molecule has 0 unspecified atom stereocenters. The molecule has 1 N–H and O–H groups in total. The second-order valence-corrected chi connectivity index (χ2v) is 14.0. The van der Waals surface area contributed by atoms with Crippen LogP contribution in [0.25, 0.3) is 11.3 Å². The zero-order valence-electron chi connectivity index (χ0n) is 21.9. The SMILES string of the molecule is Cc1cc(CCc2ccc(N(S(C)(=O)=O)S(C)(=O)=O)cc2)cc(C)c1-c1csc(NC(=O)c2ccncc2)n1. The lowest BCUT2D eigenvalue weighted by Gasteiger charge is -2.20. The molecule has 204 valence electrons. The highest BCUT2D eigenvalue weighted by Gasteiger charge is 2.27. The molecule has 0 saturated carbocycles. The molecule has 0 bridgehead atoms. The van der Waals surface area contributed by atoms with Crippen LogP contribution in [0.15, 0.2) is 66.3 Å². The van der Waals surface area contributed by atoms with E-state index in [9.17, 15) is 21.6 Å². The minimum absolute atomic E-state index is 0.0828. The summed E-state index contributed by atoms with van der Waals surface area (Å²) < 4.78 is 48.4. The average molecular weight is 585 g/mol. The molecule has 0 fully saturated rings. The number of benzene rings is 2. The largest absolute Gasteiger partial charge is 0.298 e. The van der Waals surface area contributed by atoms with Crippen LogP contribution in [0.1, 0.15) is 32.6 Å². The molecule has 0 aliphatic carbocycles. The molecule has 2 aromatic heterocycles. The van der Waals surface area contributed by atoms with E-state index in [1.165, 1.54) is 23.5 Å². The Morgan fingerprint density at radius 2 is 1.44 bits per heavy atom. The fourth-order valence-corrected chi connectivity index (χ4v) is 8.10. The van der Waals surface area contributed by atoms with Gasteiger partial charge in [-0.05, 0) is 73.2 Å². The predicted octanol–water partition coefficient (Wildman–Crippen LogP) is 4.59. The van der Waals surface area contributed by atoms with Crippen LogP contribution < -0.4 is 9.03 Å². The third-order valence-electron chi connectivity index (χ3n) is 5.97. The van der Waals surface area contributed by atoms with Crippen molar-refractivity contribution in [2.75, 3.05) is 21.5 Å². The predicted molar refractivity (Wildman–Crippen MR) is 155 cm³/mol. The van der Waals surface area contributed by atoms with Crippen molar-refractivity contribution in [3.63, 3.8) is 0 Å². The van der Waals surface area contributed by atoms with E-state index in [0.29, 0.717) is 20.8 Å². The first-order valence-corrected chi connectivity index (χ1v) is 16.5. The maximum atomic E-state index is 12.4. The third-order valence-corrected chi connectivity index (χ3v) is 9.98. The van der Waals surface area contributed by atoms with Gasteiger partial charge in [0.05, 0.1) is 23.9 Å². The first-order chi connectivity index (χ1) is 18.3. The van der Waals surface area contributed by atoms with Crippen LogP contribution in [0, 0.1) is 13.8 Å². The molecule has 9 nitrogen and oxygen atoms in total. The van der Waals surface area contributed by atoms with E-state index in [4.69, 9.17) is 0 Å². The smallest absolute Gasteiger partial charge is 0.257 e. The molecule has 1 amide bonds. The van der Waals surface area contributed by atoms with E-state index in [1.807, 2.05) is 19.2 Å². The number of sulfonamides is 2. The van der Waals surface area contributed by atoms with Gasteiger partial charge in [-0.2, -0.15) is 3.71 Å². The molecule has 0 aliphatic rings. The molecule has 0 aliphatic heterocycles. The van der Waals surface area contributed by atoms with Gasteiger partial charge in [-0.15, -0.1) is 11.3 Å². The standard InChI is InChI=1S/C27H28N4O5S3/c1-18-15-21(6-5-20-7-9-23(10-8-20)31(38(3,33)34)39(4,35)36)16-19(2)25(18)24-17-37-27(29-24)30-26(32)22-11-13-28-14-12-22/h7-17H,5-6H2,1-4H3,(H,29,30,32). The Kier molecular flexibility index (Phi) is 8.19. The Morgan fingerprint density at radius 3 is 2.00 bits per heavy atom. The lowest BCUT2D eigenvalue weighted by atomic mass is 9.94. The second-order valence-electron chi connectivity index (χ2n) is 9.22. The fraction of sp³-hybridized carbons (Fsp3) is 0.222. The number of thiazole rings is 1. The summed E-state index contributed by atoms with van der Waals surface area (Å²) in [6, 6.07) is 14.0. The van der Waals surface area contributed by atoms with Crippen LogP contribution in [0.2, 0.25) is 0 Å². The maximum Gasteiger partial charge on any atom is 0.257 e. The van der Waals surface area contributed by atoms with E-state index in [0.717, 1.165) is 52.4 Å². The molecule has 0 saturated heterocycles. The van der Waals surface area contributed by atoms with Crippen LogP contribution in [0.4, 0.5) is 10.8 Å². The van der Waals surface area contributed by atoms with Gasteiger partial charge in [0, 0.05) is 28.9 Å². The normalized spacial score (nSPS) is 11.8. The number of rotatable bonds is 9. The number of carbonyl (C=O) groups excluding carboxylic acids is 1. The quantitative estimate of drug-likeness (QED) is 0.305. The van der Waals surface area contributed by atoms with Crippen LogP contribution in [0.5, 0.6) is 0 Å². The Bertz CT molecular complexity index is 1660. The van der Waals surface area contributed by atoms with E-state index in [1.54, 1.807) is 36.7 Å². The number of hydrogen-bond donors (Lipinski definition) is 1. The van der Waals surface area contributed by atoms with Crippen molar-refractivity contribution in [1.29, 1.82) is 0 Å². The highest BCUT2D eigenvalue weighted by molar-refractivity contribution is 8.09. The van der Waals surface area contributed by atoms with E-state index in [-0.39, 0.29) is 11.6 Å². The summed E-state index contributed by atoms with van der Waals surface area (Å²) in [5.41, 5.74) is 6.62. The van der Waals surface area contributed by atoms with E-state index >= 15 is 0 Å². The van der Waals surface area contributed by atoms with E-state index in [2.05, 4.69) is 27.4 Å². The van der Waals surface area contributed by atoms with Crippen molar-refractivity contribution in [1.82, 2.24) is 9.97 Å². The Hall–Kier alpha value is -3.61. The molecule has 2 aromatic carbocycles. The van der Waals surface area contributed by atoms with Crippen LogP contribution in [0.3, 0.4) is 0 Å². The minimum Gasteiger partial charge on any atom is -0.298 e. The molecule has 0 atom stereocenters. The maximum absolute atomic E-state index is 12.4. The van der Waals surface area contributed by atoms with Crippen molar-refractivity contribution in [2.45, 2.75) is 26.7 Å². The van der Waals surface area contributed by atoms with Gasteiger partial charge in [0.15, 0.2) is 5.13 Å². The first kappa shape index (κ1) is 28.4. The van der Waals surface area contributed by atoms with Crippen LogP contribution >= 0.6 is 11.3 Å². The number of nitrogens with one attached hydrogen (secondary N) is 1. The van der Waals surface area contributed by atoms with Gasteiger partial charge in [-0.1, -0.05) is 24.3 Å². The Morgan fingerprint density at radius 1 is 0.872 bits per heavy atom. The van der Waals surface area contributed by atoms with Gasteiger partial charge in [0.25, 0.3) is 5.91 Å². The zero-order valence-corrected chi connectivity index (χ0v) is 24.3.